The Labute approximate surface area is 180 Å². The maximum atomic E-state index is 13.3. The van der Waals surface area contributed by atoms with Crippen LogP contribution in [0.4, 0.5) is 13.2 Å². The molecule has 0 saturated heterocycles. The maximum Gasteiger partial charge on any atom is 0.416 e. The average Bonchev–Trinajstić information content (AvgIpc) is 3.30. The van der Waals surface area contributed by atoms with E-state index in [0.29, 0.717) is 36.5 Å². The van der Waals surface area contributed by atoms with Crippen molar-refractivity contribution in [2.24, 2.45) is 0 Å². The third-order valence-electron chi connectivity index (χ3n) is 5.69. The highest BCUT2D eigenvalue weighted by Gasteiger charge is 2.37. The van der Waals surface area contributed by atoms with Gasteiger partial charge in [-0.05, 0) is 41.7 Å². The summed E-state index contributed by atoms with van der Waals surface area (Å²) in [5.41, 5.74) is 2.12. The molecule has 4 nitrogen and oxygen atoms in total. The Morgan fingerprint density at radius 3 is 2.70 bits per heavy atom. The zero-order valence-corrected chi connectivity index (χ0v) is 17.8. The highest BCUT2D eigenvalue weighted by atomic mass is 79.9. The van der Waals surface area contributed by atoms with Crippen LogP contribution in [0.15, 0.2) is 30.3 Å². The van der Waals surface area contributed by atoms with E-state index in [1.807, 2.05) is 12.1 Å². The molecule has 2 aromatic rings. The molecule has 0 N–H and O–H groups in total. The summed E-state index contributed by atoms with van der Waals surface area (Å²) in [6, 6.07) is 8.13. The molecule has 0 fully saturated rings. The third-order valence-corrected chi connectivity index (χ3v) is 6.25. The maximum absolute atomic E-state index is 13.3. The minimum Gasteiger partial charge on any atom is -0.492 e. The first kappa shape index (κ1) is 21.0. The summed E-state index contributed by atoms with van der Waals surface area (Å²) in [4.78, 5) is 11.6. The zero-order valence-electron chi connectivity index (χ0n) is 16.2. The van der Waals surface area contributed by atoms with Gasteiger partial charge >= 0.3 is 12.1 Å². The summed E-state index contributed by atoms with van der Waals surface area (Å²) in [6.07, 6.45) is -3.30. The number of ether oxygens (including phenoxy) is 3. The van der Waals surface area contributed by atoms with Crippen LogP contribution >= 0.6 is 15.9 Å². The van der Waals surface area contributed by atoms with Gasteiger partial charge in [0.05, 0.1) is 25.7 Å². The summed E-state index contributed by atoms with van der Waals surface area (Å²) in [5, 5.41) is 0.145. The molecule has 160 valence electrons. The van der Waals surface area contributed by atoms with Gasteiger partial charge in [-0.3, -0.25) is 4.79 Å². The number of hydrogen-bond acceptors (Lipinski definition) is 4. The molecule has 0 spiro atoms. The Balaban J connectivity index is 1.55. The Bertz CT molecular complexity index is 974. The van der Waals surface area contributed by atoms with E-state index in [4.69, 9.17) is 14.2 Å². The number of carbonyl (C=O) groups is 1. The van der Waals surface area contributed by atoms with Crippen LogP contribution in [0.2, 0.25) is 0 Å². The lowest BCUT2D eigenvalue weighted by Crippen LogP contribution is -2.11. The molecule has 2 unspecified atom stereocenters. The first-order valence-electron chi connectivity index (χ1n) is 9.59. The molecule has 0 saturated carbocycles. The number of halogens is 4. The number of esters is 1. The molecule has 8 heteroatoms. The molecule has 1 aliphatic heterocycles. The fraction of sp³-hybridized carbons (Fsp3) is 0.409. The highest BCUT2D eigenvalue weighted by molar-refractivity contribution is 9.08. The largest absolute Gasteiger partial charge is 0.492 e. The fourth-order valence-electron chi connectivity index (χ4n) is 4.23. The molecule has 1 heterocycles. The molecule has 1 aliphatic carbocycles. The fourth-order valence-corrected chi connectivity index (χ4v) is 4.87. The Morgan fingerprint density at radius 2 is 2.00 bits per heavy atom. The average molecular weight is 485 g/mol. The first-order valence-corrected chi connectivity index (χ1v) is 10.7. The summed E-state index contributed by atoms with van der Waals surface area (Å²) >= 11 is 3.21. The van der Waals surface area contributed by atoms with Crippen molar-refractivity contribution in [3.8, 4) is 11.5 Å². The van der Waals surface area contributed by atoms with E-state index >= 15 is 0 Å². The normalized spacial score (nSPS) is 19.8. The number of carbonyl (C=O) groups excluding carboxylic acids is 1. The van der Waals surface area contributed by atoms with Gasteiger partial charge in [0.15, 0.2) is 0 Å². The van der Waals surface area contributed by atoms with Gasteiger partial charge in [-0.25, -0.2) is 0 Å². The molecule has 0 bridgehead atoms. The lowest BCUT2D eigenvalue weighted by molar-refractivity contribution is -0.141. The van der Waals surface area contributed by atoms with Gasteiger partial charge in [0, 0.05) is 22.9 Å². The van der Waals surface area contributed by atoms with Gasteiger partial charge < -0.3 is 14.2 Å². The van der Waals surface area contributed by atoms with Crippen molar-refractivity contribution in [2.45, 2.75) is 42.8 Å². The summed E-state index contributed by atoms with van der Waals surface area (Å²) < 4.78 is 56.5. The van der Waals surface area contributed by atoms with Crippen molar-refractivity contribution in [2.75, 3.05) is 13.7 Å². The summed E-state index contributed by atoms with van der Waals surface area (Å²) in [7, 11) is 1.36. The van der Waals surface area contributed by atoms with Crippen LogP contribution in [0.1, 0.15) is 52.7 Å². The van der Waals surface area contributed by atoms with E-state index < -0.39 is 11.7 Å². The van der Waals surface area contributed by atoms with Crippen molar-refractivity contribution in [1.29, 1.82) is 0 Å². The number of alkyl halides is 4. The predicted octanol–water partition coefficient (Wildman–Crippen LogP) is 5.71. The molecule has 2 aromatic carbocycles. The Morgan fingerprint density at radius 1 is 1.23 bits per heavy atom. The number of hydrogen-bond donors (Lipinski definition) is 0. The molecule has 0 radical (unpaired) electrons. The minimum atomic E-state index is -4.38. The van der Waals surface area contributed by atoms with Crippen molar-refractivity contribution in [1.82, 2.24) is 0 Å². The standard InChI is InChI=1S/C22H20BrF3O4/c1-28-21(27)8-12-11-29-20-9-13(2-3-14(12)20)30-19-7-5-15-16(19)4-6-18(17(15)10-23)22(24,25)26/h2-4,6,9,12,19H,5,7-8,10-11H2,1H3. The van der Waals surface area contributed by atoms with E-state index in [2.05, 4.69) is 15.9 Å². The van der Waals surface area contributed by atoms with E-state index in [1.54, 1.807) is 6.07 Å². The van der Waals surface area contributed by atoms with E-state index in [9.17, 15) is 18.0 Å². The lowest BCUT2D eigenvalue weighted by Gasteiger charge is -2.18. The molecule has 0 amide bonds. The smallest absolute Gasteiger partial charge is 0.416 e. The number of fused-ring (bicyclic) bond motifs is 2. The van der Waals surface area contributed by atoms with Crippen LogP contribution in [-0.4, -0.2) is 19.7 Å². The number of methoxy groups -OCH3 is 1. The second-order valence-corrected chi connectivity index (χ2v) is 7.98. The molecule has 4 rings (SSSR count). The Hall–Kier alpha value is -2.22. The monoisotopic (exact) mass is 484 g/mol. The molecule has 2 aliphatic rings. The molecular weight excluding hydrogens is 465 g/mol. The quantitative estimate of drug-likeness (QED) is 0.403. The lowest BCUT2D eigenvalue weighted by atomic mass is 9.97. The van der Waals surface area contributed by atoms with Crippen molar-refractivity contribution in [3.63, 3.8) is 0 Å². The van der Waals surface area contributed by atoms with Crippen LogP contribution in [0.25, 0.3) is 0 Å². The topological polar surface area (TPSA) is 44.8 Å². The van der Waals surface area contributed by atoms with Crippen LogP contribution in [0.3, 0.4) is 0 Å². The zero-order chi connectivity index (χ0) is 21.5. The number of rotatable bonds is 5. The van der Waals surface area contributed by atoms with Crippen molar-refractivity contribution < 1.29 is 32.2 Å². The Kier molecular flexibility index (Phi) is 5.70. The SMILES string of the molecule is COC(=O)CC1COc2cc(OC3CCc4c3ccc(C(F)(F)F)c4CBr)ccc21. The van der Waals surface area contributed by atoms with Crippen molar-refractivity contribution in [3.05, 3.63) is 58.1 Å². The van der Waals surface area contributed by atoms with Gasteiger partial charge in [-0.2, -0.15) is 13.2 Å². The van der Waals surface area contributed by atoms with Gasteiger partial charge in [0.25, 0.3) is 0 Å². The second kappa shape index (κ2) is 8.13. The summed E-state index contributed by atoms with van der Waals surface area (Å²) in [6.45, 7) is 0.398. The van der Waals surface area contributed by atoms with Crippen molar-refractivity contribution >= 4 is 21.9 Å². The highest BCUT2D eigenvalue weighted by Crippen LogP contribution is 2.44. The number of benzene rings is 2. The van der Waals surface area contributed by atoms with E-state index in [1.165, 1.54) is 13.2 Å². The molecular formula is C22H20BrF3O4. The van der Waals surface area contributed by atoms with Crippen LogP contribution in [0.5, 0.6) is 11.5 Å². The molecule has 2 atom stereocenters. The van der Waals surface area contributed by atoms with Crippen LogP contribution in [0, 0.1) is 0 Å². The summed E-state index contributed by atoms with van der Waals surface area (Å²) in [5.74, 6) is 0.898. The van der Waals surface area contributed by atoms with E-state index in [0.717, 1.165) is 17.2 Å². The molecule has 30 heavy (non-hydrogen) atoms. The van der Waals surface area contributed by atoms with Crippen LogP contribution in [-0.2, 0) is 27.5 Å². The van der Waals surface area contributed by atoms with E-state index in [-0.39, 0.29) is 35.3 Å². The van der Waals surface area contributed by atoms with Gasteiger partial charge in [-0.15, -0.1) is 0 Å². The second-order valence-electron chi connectivity index (χ2n) is 7.42. The van der Waals surface area contributed by atoms with Gasteiger partial charge in [0.1, 0.15) is 17.6 Å². The molecule has 0 aromatic heterocycles. The first-order chi connectivity index (χ1) is 14.3. The minimum absolute atomic E-state index is 0.0593. The van der Waals surface area contributed by atoms with Gasteiger partial charge in [0.2, 0.25) is 0 Å². The third kappa shape index (κ3) is 3.89. The van der Waals surface area contributed by atoms with Gasteiger partial charge in [-0.1, -0.05) is 28.1 Å². The van der Waals surface area contributed by atoms with Crippen LogP contribution < -0.4 is 9.47 Å². The predicted molar refractivity (Wildman–Crippen MR) is 107 cm³/mol.